The second-order valence-corrected chi connectivity index (χ2v) is 6.92. The molecule has 2 rings (SSSR count). The van der Waals surface area contributed by atoms with Gasteiger partial charge in [0.05, 0.1) is 4.90 Å². The SMILES string of the molecule is Cc1cccc(CN/C=C(/C#N)C(=O)Nc2cccc(S(=O)(=O)O)c2)c1. The summed E-state index contributed by atoms with van der Waals surface area (Å²) < 4.78 is 31.3. The quantitative estimate of drug-likeness (QED) is 0.407. The van der Waals surface area contributed by atoms with Crippen molar-refractivity contribution in [2.45, 2.75) is 18.4 Å². The maximum atomic E-state index is 12.1. The summed E-state index contributed by atoms with van der Waals surface area (Å²) in [5.74, 6) is -0.697. The lowest BCUT2D eigenvalue weighted by Crippen LogP contribution is -2.17. The first-order chi connectivity index (χ1) is 12.3. The molecule has 0 bridgehead atoms. The van der Waals surface area contributed by atoms with Gasteiger partial charge in [-0.2, -0.15) is 13.7 Å². The van der Waals surface area contributed by atoms with Gasteiger partial charge in [0, 0.05) is 18.4 Å². The lowest BCUT2D eigenvalue weighted by Gasteiger charge is -2.07. The van der Waals surface area contributed by atoms with Crippen LogP contribution in [0.5, 0.6) is 0 Å². The Balaban J connectivity index is 2.05. The van der Waals surface area contributed by atoms with E-state index in [1.54, 1.807) is 6.07 Å². The maximum Gasteiger partial charge on any atom is 0.294 e. The van der Waals surface area contributed by atoms with Crippen LogP contribution in [0.3, 0.4) is 0 Å². The first-order valence-electron chi connectivity index (χ1n) is 7.57. The van der Waals surface area contributed by atoms with E-state index in [-0.39, 0.29) is 16.2 Å². The number of carbonyl (C=O) groups excluding carboxylic acids is 1. The van der Waals surface area contributed by atoms with Crippen molar-refractivity contribution in [1.82, 2.24) is 5.32 Å². The Morgan fingerprint density at radius 1 is 1.23 bits per heavy atom. The van der Waals surface area contributed by atoms with Crippen molar-refractivity contribution in [1.29, 1.82) is 5.26 Å². The fourth-order valence-electron chi connectivity index (χ4n) is 2.17. The van der Waals surface area contributed by atoms with E-state index in [0.717, 1.165) is 17.2 Å². The molecule has 2 aromatic carbocycles. The van der Waals surface area contributed by atoms with Gasteiger partial charge in [-0.3, -0.25) is 9.35 Å². The van der Waals surface area contributed by atoms with Gasteiger partial charge in [0.1, 0.15) is 11.6 Å². The van der Waals surface area contributed by atoms with Crippen molar-refractivity contribution in [3.8, 4) is 6.07 Å². The van der Waals surface area contributed by atoms with Crippen LogP contribution in [0.4, 0.5) is 5.69 Å². The maximum absolute atomic E-state index is 12.1. The Morgan fingerprint density at radius 2 is 1.96 bits per heavy atom. The molecule has 0 aromatic heterocycles. The minimum atomic E-state index is -4.38. The summed E-state index contributed by atoms with van der Waals surface area (Å²) in [5.41, 5.74) is 2.07. The molecule has 1 amide bonds. The number of nitriles is 1. The van der Waals surface area contributed by atoms with Gasteiger partial charge in [-0.25, -0.2) is 0 Å². The summed E-state index contributed by atoms with van der Waals surface area (Å²) in [5, 5.41) is 14.5. The number of anilines is 1. The topological polar surface area (TPSA) is 119 Å². The Morgan fingerprint density at radius 3 is 2.62 bits per heavy atom. The van der Waals surface area contributed by atoms with Crippen LogP contribution < -0.4 is 10.6 Å². The average molecular weight is 371 g/mol. The monoisotopic (exact) mass is 371 g/mol. The van der Waals surface area contributed by atoms with Crippen molar-refractivity contribution < 1.29 is 17.8 Å². The van der Waals surface area contributed by atoms with Crippen molar-refractivity contribution in [3.63, 3.8) is 0 Å². The molecule has 0 aliphatic rings. The number of rotatable bonds is 6. The lowest BCUT2D eigenvalue weighted by atomic mass is 10.1. The van der Waals surface area contributed by atoms with Gasteiger partial charge in [-0.05, 0) is 30.7 Å². The molecular formula is C18H17N3O4S. The molecule has 0 atom stereocenters. The molecule has 26 heavy (non-hydrogen) atoms. The normalized spacial score (nSPS) is 11.5. The highest BCUT2D eigenvalue weighted by Gasteiger charge is 2.13. The number of amides is 1. The van der Waals surface area contributed by atoms with Crippen molar-refractivity contribution >= 4 is 21.7 Å². The Labute approximate surface area is 151 Å². The zero-order chi connectivity index (χ0) is 19.2. The minimum Gasteiger partial charge on any atom is -0.386 e. The first kappa shape index (κ1) is 19.2. The Hall–Kier alpha value is -3.15. The van der Waals surface area contributed by atoms with Crippen LogP contribution in [0.25, 0.3) is 0 Å². The van der Waals surface area contributed by atoms with E-state index >= 15 is 0 Å². The zero-order valence-corrected chi connectivity index (χ0v) is 14.7. The Bertz CT molecular complexity index is 991. The first-order valence-corrected chi connectivity index (χ1v) is 9.02. The molecular weight excluding hydrogens is 354 g/mol. The van der Waals surface area contributed by atoms with Gasteiger partial charge in [0.15, 0.2) is 0 Å². The highest BCUT2D eigenvalue weighted by atomic mass is 32.2. The van der Waals surface area contributed by atoms with E-state index in [9.17, 15) is 13.2 Å². The van der Waals surface area contributed by atoms with E-state index in [0.29, 0.717) is 6.54 Å². The highest BCUT2D eigenvalue weighted by Crippen LogP contribution is 2.15. The number of hydrogen-bond acceptors (Lipinski definition) is 5. The summed E-state index contributed by atoms with van der Waals surface area (Å²) in [4.78, 5) is 11.8. The van der Waals surface area contributed by atoms with Gasteiger partial charge >= 0.3 is 0 Å². The third kappa shape index (κ3) is 5.44. The molecule has 0 spiro atoms. The second-order valence-electron chi connectivity index (χ2n) is 5.50. The van der Waals surface area contributed by atoms with Crippen molar-refractivity contribution in [3.05, 3.63) is 71.4 Å². The largest absolute Gasteiger partial charge is 0.386 e. The smallest absolute Gasteiger partial charge is 0.294 e. The molecule has 0 aliphatic carbocycles. The number of hydrogen-bond donors (Lipinski definition) is 3. The zero-order valence-electron chi connectivity index (χ0n) is 13.9. The molecule has 0 radical (unpaired) electrons. The van der Waals surface area contributed by atoms with Gasteiger partial charge < -0.3 is 10.6 Å². The summed E-state index contributed by atoms with van der Waals surface area (Å²) in [6.07, 6.45) is 1.30. The molecule has 0 saturated carbocycles. The predicted molar refractivity (Wildman–Crippen MR) is 96.6 cm³/mol. The number of nitrogens with zero attached hydrogens (tertiary/aromatic N) is 1. The Kier molecular flexibility index (Phi) is 6.11. The lowest BCUT2D eigenvalue weighted by molar-refractivity contribution is -0.112. The molecule has 3 N–H and O–H groups in total. The van der Waals surface area contributed by atoms with Crippen LogP contribution in [-0.4, -0.2) is 18.9 Å². The molecule has 7 nitrogen and oxygen atoms in total. The molecule has 0 aliphatic heterocycles. The standard InChI is InChI=1S/C18H17N3O4S/c1-13-4-2-5-14(8-13)11-20-12-15(10-19)18(22)21-16-6-3-7-17(9-16)26(23,24)25/h2-9,12,20H,11H2,1H3,(H,21,22)(H,23,24,25)/b15-12-. The van der Waals surface area contributed by atoms with E-state index in [4.69, 9.17) is 9.81 Å². The molecule has 0 saturated heterocycles. The number of nitrogens with one attached hydrogen (secondary N) is 2. The van der Waals surface area contributed by atoms with Crippen LogP contribution in [-0.2, 0) is 21.5 Å². The van der Waals surface area contributed by atoms with E-state index in [1.165, 1.54) is 24.4 Å². The summed E-state index contributed by atoms with van der Waals surface area (Å²) in [6.45, 7) is 2.41. The second kappa shape index (κ2) is 8.29. The van der Waals surface area contributed by atoms with E-state index in [1.807, 2.05) is 31.2 Å². The van der Waals surface area contributed by atoms with Crippen molar-refractivity contribution in [2.24, 2.45) is 0 Å². The molecule has 134 valence electrons. The van der Waals surface area contributed by atoms with Gasteiger partial charge in [0.25, 0.3) is 16.0 Å². The van der Waals surface area contributed by atoms with E-state index < -0.39 is 16.0 Å². The number of carbonyl (C=O) groups is 1. The number of benzene rings is 2. The fraction of sp³-hybridized carbons (Fsp3) is 0.111. The number of aryl methyl sites for hydroxylation is 1. The molecule has 2 aromatic rings. The molecule has 0 heterocycles. The minimum absolute atomic E-state index is 0.143. The van der Waals surface area contributed by atoms with Crippen LogP contribution in [0.1, 0.15) is 11.1 Å². The predicted octanol–water partition coefficient (Wildman–Crippen LogP) is 2.38. The van der Waals surface area contributed by atoms with Gasteiger partial charge in [0.2, 0.25) is 0 Å². The molecule has 0 fully saturated rings. The fourth-order valence-corrected chi connectivity index (χ4v) is 2.70. The molecule has 8 heteroatoms. The molecule has 0 unspecified atom stereocenters. The summed E-state index contributed by atoms with van der Waals surface area (Å²) in [6, 6.07) is 14.7. The third-order valence-electron chi connectivity index (χ3n) is 3.39. The van der Waals surface area contributed by atoms with Crippen LogP contribution in [0.15, 0.2) is 65.2 Å². The third-order valence-corrected chi connectivity index (χ3v) is 4.24. The van der Waals surface area contributed by atoms with E-state index in [2.05, 4.69) is 10.6 Å². The average Bonchev–Trinajstić information content (AvgIpc) is 2.58. The highest BCUT2D eigenvalue weighted by molar-refractivity contribution is 7.85. The van der Waals surface area contributed by atoms with Crippen molar-refractivity contribution in [2.75, 3.05) is 5.32 Å². The van der Waals surface area contributed by atoms with Gasteiger partial charge in [-0.15, -0.1) is 0 Å². The summed E-state index contributed by atoms with van der Waals surface area (Å²) >= 11 is 0. The van der Waals surface area contributed by atoms with Gasteiger partial charge in [-0.1, -0.05) is 35.9 Å². The van der Waals surface area contributed by atoms with Crippen LogP contribution in [0, 0.1) is 18.3 Å². The van der Waals surface area contributed by atoms with Crippen LogP contribution in [0.2, 0.25) is 0 Å². The van der Waals surface area contributed by atoms with Crippen LogP contribution >= 0.6 is 0 Å². The summed E-state index contributed by atoms with van der Waals surface area (Å²) in [7, 11) is -4.38.